The van der Waals surface area contributed by atoms with Crippen LogP contribution in [0.2, 0.25) is 0 Å². The Morgan fingerprint density at radius 2 is 1.72 bits per heavy atom. The van der Waals surface area contributed by atoms with Crippen LogP contribution >= 0.6 is 0 Å². The molecule has 102 valence electrons. The summed E-state index contributed by atoms with van der Waals surface area (Å²) < 4.78 is 5.72. The van der Waals surface area contributed by atoms with Gasteiger partial charge in [-0.05, 0) is 30.0 Å². The fraction of sp³-hybridized carbons (Fsp3) is 0.625. The number of methoxy groups -OCH3 is 1. The van der Waals surface area contributed by atoms with Gasteiger partial charge in [0.1, 0.15) is 0 Å². The van der Waals surface area contributed by atoms with E-state index >= 15 is 0 Å². The molecule has 0 saturated heterocycles. The maximum Gasteiger partial charge on any atom is 0.0813 e. The van der Waals surface area contributed by atoms with Crippen LogP contribution in [0.5, 0.6) is 0 Å². The average Bonchev–Trinajstić information content (AvgIpc) is 2.34. The normalized spacial score (nSPS) is 15.4. The molecule has 18 heavy (non-hydrogen) atoms. The predicted octanol–water partition coefficient (Wildman–Crippen LogP) is 3.57. The maximum atomic E-state index is 5.72. The van der Waals surface area contributed by atoms with Gasteiger partial charge < -0.3 is 10.1 Å². The first-order valence-corrected chi connectivity index (χ1v) is 6.73. The molecule has 1 rings (SSSR count). The minimum atomic E-state index is 0.103. The van der Waals surface area contributed by atoms with Crippen LogP contribution in [0.3, 0.4) is 0 Å². The molecule has 1 aromatic carbocycles. The molecule has 0 aliphatic carbocycles. The van der Waals surface area contributed by atoms with Crippen molar-refractivity contribution in [2.24, 2.45) is 5.41 Å². The molecule has 2 heteroatoms. The molecule has 2 atom stereocenters. The standard InChI is InChI=1S/C16H27NO/c1-7-12-8-10-13(11-9-12)14(17-5)15(18-6)16(2,3)4/h8-11,14-15,17H,7H2,1-6H3. The van der Waals surface area contributed by atoms with Crippen LogP contribution in [0, 0.1) is 5.41 Å². The number of hydrogen-bond acceptors (Lipinski definition) is 2. The summed E-state index contributed by atoms with van der Waals surface area (Å²) in [5.41, 5.74) is 2.76. The molecule has 0 aliphatic rings. The second-order valence-corrected chi connectivity index (χ2v) is 5.88. The predicted molar refractivity (Wildman–Crippen MR) is 77.9 cm³/mol. The molecule has 0 spiro atoms. The van der Waals surface area contributed by atoms with Crippen LogP contribution in [-0.4, -0.2) is 20.3 Å². The Morgan fingerprint density at radius 3 is 2.06 bits per heavy atom. The lowest BCUT2D eigenvalue weighted by molar-refractivity contribution is -0.0101. The molecular weight excluding hydrogens is 222 g/mol. The highest BCUT2D eigenvalue weighted by molar-refractivity contribution is 5.26. The molecule has 0 radical (unpaired) electrons. The van der Waals surface area contributed by atoms with Crippen molar-refractivity contribution in [3.8, 4) is 0 Å². The van der Waals surface area contributed by atoms with Gasteiger partial charge in [0, 0.05) is 7.11 Å². The van der Waals surface area contributed by atoms with Crippen molar-refractivity contribution < 1.29 is 4.74 Å². The van der Waals surface area contributed by atoms with Gasteiger partial charge in [-0.15, -0.1) is 0 Å². The van der Waals surface area contributed by atoms with Gasteiger partial charge in [-0.3, -0.25) is 0 Å². The van der Waals surface area contributed by atoms with Crippen LogP contribution in [0.4, 0.5) is 0 Å². The Morgan fingerprint density at radius 1 is 1.17 bits per heavy atom. The lowest BCUT2D eigenvalue weighted by Gasteiger charge is -2.36. The van der Waals surface area contributed by atoms with E-state index in [1.165, 1.54) is 11.1 Å². The van der Waals surface area contributed by atoms with Gasteiger partial charge in [-0.1, -0.05) is 52.0 Å². The van der Waals surface area contributed by atoms with Gasteiger partial charge in [0.25, 0.3) is 0 Å². The van der Waals surface area contributed by atoms with Gasteiger partial charge in [0.2, 0.25) is 0 Å². The van der Waals surface area contributed by atoms with E-state index < -0.39 is 0 Å². The molecule has 0 heterocycles. The molecule has 0 amide bonds. The largest absolute Gasteiger partial charge is 0.379 e. The quantitative estimate of drug-likeness (QED) is 0.861. The number of rotatable bonds is 5. The maximum absolute atomic E-state index is 5.72. The fourth-order valence-corrected chi connectivity index (χ4v) is 2.44. The van der Waals surface area contributed by atoms with Gasteiger partial charge in [-0.25, -0.2) is 0 Å². The van der Waals surface area contributed by atoms with Crippen molar-refractivity contribution in [2.75, 3.05) is 14.2 Å². The highest BCUT2D eigenvalue weighted by atomic mass is 16.5. The topological polar surface area (TPSA) is 21.3 Å². The number of nitrogens with one attached hydrogen (secondary N) is 1. The average molecular weight is 249 g/mol. The first-order valence-electron chi connectivity index (χ1n) is 6.73. The van der Waals surface area contributed by atoms with Crippen molar-refractivity contribution in [2.45, 2.75) is 46.3 Å². The number of likely N-dealkylation sites (N-methyl/N-ethyl adjacent to an activating group) is 1. The summed E-state index contributed by atoms with van der Waals surface area (Å²) in [5, 5.41) is 3.39. The van der Waals surface area contributed by atoms with Crippen LogP contribution in [-0.2, 0) is 11.2 Å². The number of ether oxygens (including phenoxy) is 1. The van der Waals surface area contributed by atoms with Gasteiger partial charge in [0.05, 0.1) is 12.1 Å². The third-order valence-corrected chi connectivity index (χ3v) is 3.47. The summed E-state index contributed by atoms with van der Waals surface area (Å²) >= 11 is 0. The molecule has 0 bridgehead atoms. The van der Waals surface area contributed by atoms with Crippen molar-refractivity contribution in [3.05, 3.63) is 35.4 Å². The number of aryl methyl sites for hydroxylation is 1. The van der Waals surface area contributed by atoms with E-state index in [0.29, 0.717) is 0 Å². The zero-order chi connectivity index (χ0) is 13.8. The van der Waals surface area contributed by atoms with Crippen LogP contribution in [0.1, 0.15) is 44.9 Å². The molecule has 0 saturated carbocycles. The van der Waals surface area contributed by atoms with Crippen LogP contribution in [0.15, 0.2) is 24.3 Å². The monoisotopic (exact) mass is 249 g/mol. The first kappa shape index (κ1) is 15.2. The zero-order valence-electron chi connectivity index (χ0n) is 12.6. The lowest BCUT2D eigenvalue weighted by Crippen LogP contribution is -2.40. The number of benzene rings is 1. The van der Waals surface area contributed by atoms with Crippen LogP contribution < -0.4 is 5.32 Å². The second-order valence-electron chi connectivity index (χ2n) is 5.88. The molecule has 2 unspecified atom stereocenters. The fourth-order valence-electron chi connectivity index (χ4n) is 2.44. The van der Waals surface area contributed by atoms with E-state index in [1.54, 1.807) is 7.11 Å². The summed E-state index contributed by atoms with van der Waals surface area (Å²) in [6, 6.07) is 9.04. The number of hydrogen-bond donors (Lipinski definition) is 1. The van der Waals surface area contributed by atoms with Gasteiger partial charge in [-0.2, -0.15) is 0 Å². The Kier molecular flexibility index (Phi) is 5.36. The summed E-state index contributed by atoms with van der Waals surface area (Å²) in [6.45, 7) is 8.82. The molecule has 0 fully saturated rings. The van der Waals surface area contributed by atoms with Crippen molar-refractivity contribution in [3.63, 3.8) is 0 Å². The Bertz CT molecular complexity index is 350. The Balaban J connectivity index is 3.00. The molecular formula is C16H27NO. The summed E-state index contributed by atoms with van der Waals surface area (Å²) in [5.74, 6) is 0. The first-order chi connectivity index (χ1) is 8.43. The zero-order valence-corrected chi connectivity index (χ0v) is 12.6. The van der Waals surface area contributed by atoms with Crippen molar-refractivity contribution in [1.29, 1.82) is 0 Å². The molecule has 1 aromatic rings. The lowest BCUT2D eigenvalue weighted by atomic mass is 9.82. The minimum absolute atomic E-state index is 0.103. The molecule has 0 aromatic heterocycles. The molecule has 0 aliphatic heterocycles. The van der Waals surface area contributed by atoms with Gasteiger partial charge in [0.15, 0.2) is 0 Å². The molecule has 1 N–H and O–H groups in total. The van der Waals surface area contributed by atoms with E-state index in [-0.39, 0.29) is 17.6 Å². The highest BCUT2D eigenvalue weighted by Crippen LogP contribution is 2.32. The molecule has 2 nitrogen and oxygen atoms in total. The Hall–Kier alpha value is -0.860. The third-order valence-electron chi connectivity index (χ3n) is 3.47. The van der Waals surface area contributed by atoms with Crippen molar-refractivity contribution in [1.82, 2.24) is 5.32 Å². The van der Waals surface area contributed by atoms with E-state index in [2.05, 4.69) is 57.3 Å². The second kappa shape index (κ2) is 6.35. The van der Waals surface area contributed by atoms with Crippen LogP contribution in [0.25, 0.3) is 0 Å². The summed E-state index contributed by atoms with van der Waals surface area (Å²) in [6.07, 6.45) is 1.23. The van der Waals surface area contributed by atoms with Crippen molar-refractivity contribution >= 4 is 0 Å². The summed E-state index contributed by atoms with van der Waals surface area (Å²) in [4.78, 5) is 0. The highest BCUT2D eigenvalue weighted by Gasteiger charge is 2.32. The van der Waals surface area contributed by atoms with E-state index in [0.717, 1.165) is 6.42 Å². The summed E-state index contributed by atoms with van der Waals surface area (Å²) in [7, 11) is 3.79. The van der Waals surface area contributed by atoms with E-state index in [4.69, 9.17) is 4.74 Å². The van der Waals surface area contributed by atoms with E-state index in [9.17, 15) is 0 Å². The smallest absolute Gasteiger partial charge is 0.0813 e. The van der Waals surface area contributed by atoms with Gasteiger partial charge >= 0.3 is 0 Å². The SMILES string of the molecule is CCc1ccc(C(NC)C(OC)C(C)(C)C)cc1. The minimum Gasteiger partial charge on any atom is -0.379 e. The van der Waals surface area contributed by atoms with E-state index in [1.807, 2.05) is 7.05 Å². The Labute approximate surface area is 112 Å². The third kappa shape index (κ3) is 3.56.